The maximum absolute atomic E-state index is 11.5. The number of aromatic amines is 1. The Bertz CT molecular complexity index is 516. The van der Waals surface area contributed by atoms with Crippen LogP contribution in [0.25, 0.3) is 0 Å². The van der Waals surface area contributed by atoms with Gasteiger partial charge >= 0.3 is 0 Å². The highest BCUT2D eigenvalue weighted by Crippen LogP contribution is 2.05. The third kappa shape index (κ3) is 2.96. The standard InChI is InChI=1S/C12H16N4O/c1-2-7-16-9-11(3-4-12(16)17)13-8-10-5-6-14-15-10/h3-6,9,13H,2,7-8H2,1H3,(H,14,15). The summed E-state index contributed by atoms with van der Waals surface area (Å²) in [5.74, 6) is 0. The maximum Gasteiger partial charge on any atom is 0.250 e. The molecule has 17 heavy (non-hydrogen) atoms. The molecule has 0 aliphatic rings. The predicted molar refractivity (Wildman–Crippen MR) is 66.9 cm³/mol. The van der Waals surface area contributed by atoms with E-state index in [0.717, 1.165) is 24.3 Å². The first kappa shape index (κ1) is 11.4. The molecule has 0 unspecified atom stereocenters. The molecule has 2 aromatic rings. The highest BCUT2D eigenvalue weighted by Gasteiger charge is 1.98. The Kier molecular flexibility index (Phi) is 3.59. The van der Waals surface area contributed by atoms with Gasteiger partial charge < -0.3 is 9.88 Å². The Balaban J connectivity index is 2.06. The van der Waals surface area contributed by atoms with Crippen LogP contribution in [0.1, 0.15) is 19.0 Å². The molecule has 2 N–H and O–H groups in total. The molecule has 0 aliphatic heterocycles. The van der Waals surface area contributed by atoms with E-state index in [1.54, 1.807) is 22.9 Å². The number of rotatable bonds is 5. The Morgan fingerprint density at radius 3 is 3.00 bits per heavy atom. The monoisotopic (exact) mass is 232 g/mol. The van der Waals surface area contributed by atoms with E-state index in [1.165, 1.54) is 0 Å². The van der Waals surface area contributed by atoms with Crippen LogP contribution < -0.4 is 10.9 Å². The van der Waals surface area contributed by atoms with Crippen molar-refractivity contribution in [2.45, 2.75) is 26.4 Å². The van der Waals surface area contributed by atoms with Gasteiger partial charge in [-0.2, -0.15) is 5.10 Å². The molecule has 0 aliphatic carbocycles. The molecule has 5 heteroatoms. The molecule has 0 bridgehead atoms. The quantitative estimate of drug-likeness (QED) is 0.823. The third-order valence-electron chi connectivity index (χ3n) is 2.49. The molecule has 0 fully saturated rings. The average Bonchev–Trinajstić information content (AvgIpc) is 2.83. The van der Waals surface area contributed by atoms with E-state index in [-0.39, 0.29) is 5.56 Å². The molecule has 0 spiro atoms. The highest BCUT2D eigenvalue weighted by molar-refractivity contribution is 5.40. The second kappa shape index (κ2) is 5.34. The van der Waals surface area contributed by atoms with Crippen molar-refractivity contribution in [2.24, 2.45) is 0 Å². The second-order valence-corrected chi connectivity index (χ2v) is 3.88. The zero-order valence-electron chi connectivity index (χ0n) is 9.81. The Morgan fingerprint density at radius 2 is 2.29 bits per heavy atom. The van der Waals surface area contributed by atoms with Crippen molar-refractivity contribution in [3.05, 3.63) is 46.6 Å². The lowest BCUT2D eigenvalue weighted by molar-refractivity contribution is 0.655. The summed E-state index contributed by atoms with van der Waals surface area (Å²) >= 11 is 0. The average molecular weight is 232 g/mol. The molecule has 90 valence electrons. The highest BCUT2D eigenvalue weighted by atomic mass is 16.1. The van der Waals surface area contributed by atoms with Gasteiger partial charge in [-0.1, -0.05) is 6.92 Å². The number of hydrogen-bond acceptors (Lipinski definition) is 3. The normalized spacial score (nSPS) is 10.4. The summed E-state index contributed by atoms with van der Waals surface area (Å²) in [5.41, 5.74) is 1.99. The smallest absolute Gasteiger partial charge is 0.250 e. The van der Waals surface area contributed by atoms with Crippen molar-refractivity contribution in [2.75, 3.05) is 5.32 Å². The molecule has 2 aromatic heterocycles. The molecule has 0 saturated carbocycles. The van der Waals surface area contributed by atoms with Gasteiger partial charge in [0.25, 0.3) is 5.56 Å². The maximum atomic E-state index is 11.5. The first-order valence-corrected chi connectivity index (χ1v) is 5.72. The van der Waals surface area contributed by atoms with E-state index < -0.39 is 0 Å². The fourth-order valence-corrected chi connectivity index (χ4v) is 1.63. The minimum absolute atomic E-state index is 0.0407. The van der Waals surface area contributed by atoms with Gasteiger partial charge in [-0.25, -0.2) is 0 Å². The van der Waals surface area contributed by atoms with Gasteiger partial charge in [0.15, 0.2) is 0 Å². The number of anilines is 1. The Morgan fingerprint density at radius 1 is 1.41 bits per heavy atom. The van der Waals surface area contributed by atoms with Crippen molar-refractivity contribution in [1.82, 2.24) is 14.8 Å². The SMILES string of the molecule is CCCn1cc(NCc2ccn[nH]2)ccc1=O. The summed E-state index contributed by atoms with van der Waals surface area (Å²) in [7, 11) is 0. The molecule has 2 heterocycles. The zero-order chi connectivity index (χ0) is 12.1. The minimum atomic E-state index is 0.0407. The van der Waals surface area contributed by atoms with Gasteiger partial charge in [0.1, 0.15) is 0 Å². The van der Waals surface area contributed by atoms with Crippen molar-refractivity contribution >= 4 is 5.69 Å². The molecule has 0 saturated heterocycles. The second-order valence-electron chi connectivity index (χ2n) is 3.88. The van der Waals surface area contributed by atoms with E-state index in [4.69, 9.17) is 0 Å². The molecule has 5 nitrogen and oxygen atoms in total. The predicted octanol–water partition coefficient (Wildman–Crippen LogP) is 1.59. The van der Waals surface area contributed by atoms with E-state index >= 15 is 0 Å². The van der Waals surface area contributed by atoms with Crippen LogP contribution in [0.2, 0.25) is 0 Å². The lowest BCUT2D eigenvalue weighted by Gasteiger charge is -2.08. The van der Waals surface area contributed by atoms with E-state index in [0.29, 0.717) is 6.54 Å². The molecule has 0 atom stereocenters. The van der Waals surface area contributed by atoms with Gasteiger partial charge in [0.05, 0.1) is 17.9 Å². The lowest BCUT2D eigenvalue weighted by Crippen LogP contribution is -2.18. The van der Waals surface area contributed by atoms with Gasteiger partial charge in [-0.05, 0) is 18.6 Å². The number of H-pyrrole nitrogens is 1. The van der Waals surface area contributed by atoms with E-state index in [1.807, 2.05) is 12.3 Å². The lowest BCUT2D eigenvalue weighted by atomic mass is 10.3. The Hall–Kier alpha value is -2.04. The molecule has 0 amide bonds. The fourth-order valence-electron chi connectivity index (χ4n) is 1.63. The van der Waals surface area contributed by atoms with Crippen LogP contribution in [-0.2, 0) is 13.1 Å². The van der Waals surface area contributed by atoms with E-state index in [2.05, 4.69) is 22.4 Å². The van der Waals surface area contributed by atoms with Gasteiger partial charge in [0.2, 0.25) is 0 Å². The topological polar surface area (TPSA) is 62.7 Å². The third-order valence-corrected chi connectivity index (χ3v) is 2.49. The zero-order valence-corrected chi connectivity index (χ0v) is 9.81. The molecule has 0 radical (unpaired) electrons. The first-order valence-electron chi connectivity index (χ1n) is 5.72. The Labute approximate surface area is 99.5 Å². The molecular weight excluding hydrogens is 216 g/mol. The number of nitrogens with zero attached hydrogens (tertiary/aromatic N) is 2. The number of hydrogen-bond donors (Lipinski definition) is 2. The summed E-state index contributed by atoms with van der Waals surface area (Å²) in [4.78, 5) is 11.5. The van der Waals surface area contributed by atoms with Crippen molar-refractivity contribution in [3.63, 3.8) is 0 Å². The van der Waals surface area contributed by atoms with Crippen molar-refractivity contribution in [1.29, 1.82) is 0 Å². The number of nitrogens with one attached hydrogen (secondary N) is 2. The van der Waals surface area contributed by atoms with Crippen LogP contribution >= 0.6 is 0 Å². The van der Waals surface area contributed by atoms with Gasteiger partial charge in [-0.3, -0.25) is 9.89 Å². The largest absolute Gasteiger partial charge is 0.378 e. The first-order chi connectivity index (χ1) is 8.29. The summed E-state index contributed by atoms with van der Waals surface area (Å²) in [6.45, 7) is 3.47. The summed E-state index contributed by atoms with van der Waals surface area (Å²) < 4.78 is 1.72. The van der Waals surface area contributed by atoms with Crippen LogP contribution in [-0.4, -0.2) is 14.8 Å². The van der Waals surface area contributed by atoms with Crippen LogP contribution in [0.5, 0.6) is 0 Å². The number of aromatic nitrogens is 3. The van der Waals surface area contributed by atoms with E-state index in [9.17, 15) is 4.79 Å². The molecule has 2 rings (SSSR count). The molecule has 0 aromatic carbocycles. The fraction of sp³-hybridized carbons (Fsp3) is 0.333. The molecular formula is C12H16N4O. The van der Waals surface area contributed by atoms with Crippen LogP contribution in [0.4, 0.5) is 5.69 Å². The number of pyridine rings is 1. The van der Waals surface area contributed by atoms with Crippen molar-refractivity contribution in [3.8, 4) is 0 Å². The van der Waals surface area contributed by atoms with Gasteiger partial charge in [0, 0.05) is 25.0 Å². The van der Waals surface area contributed by atoms with Crippen molar-refractivity contribution < 1.29 is 0 Å². The summed E-state index contributed by atoms with van der Waals surface area (Å²) in [5, 5.41) is 9.99. The summed E-state index contributed by atoms with van der Waals surface area (Å²) in [6.07, 6.45) is 4.52. The van der Waals surface area contributed by atoms with Gasteiger partial charge in [-0.15, -0.1) is 0 Å². The van der Waals surface area contributed by atoms with Crippen LogP contribution in [0.3, 0.4) is 0 Å². The number of aryl methyl sites for hydroxylation is 1. The van der Waals surface area contributed by atoms with Crippen LogP contribution in [0.15, 0.2) is 35.4 Å². The van der Waals surface area contributed by atoms with Crippen LogP contribution in [0, 0.1) is 0 Å². The minimum Gasteiger partial charge on any atom is -0.378 e. The summed E-state index contributed by atoms with van der Waals surface area (Å²) in [6, 6.07) is 5.30.